The molecule has 0 heterocycles. The van der Waals surface area contributed by atoms with E-state index in [0.717, 1.165) is 25.7 Å². The molecule has 100 valence electrons. The van der Waals surface area contributed by atoms with E-state index in [0.29, 0.717) is 25.9 Å². The molecule has 0 aromatic heterocycles. The SMILES string of the molecule is NCCCCC(=O)NCCCCC(N)C(N)=O. The van der Waals surface area contributed by atoms with Gasteiger partial charge in [-0.25, -0.2) is 0 Å². The first-order valence-electron chi connectivity index (χ1n) is 6.09. The van der Waals surface area contributed by atoms with Crippen LogP contribution in [0.2, 0.25) is 0 Å². The van der Waals surface area contributed by atoms with Gasteiger partial charge in [0.15, 0.2) is 0 Å². The van der Waals surface area contributed by atoms with E-state index >= 15 is 0 Å². The third-order valence-corrected chi connectivity index (χ3v) is 2.49. The summed E-state index contributed by atoms with van der Waals surface area (Å²) < 4.78 is 0. The van der Waals surface area contributed by atoms with Crippen LogP contribution in [-0.2, 0) is 9.59 Å². The topological polar surface area (TPSA) is 124 Å². The molecule has 0 rings (SSSR count). The molecule has 0 fully saturated rings. The summed E-state index contributed by atoms with van der Waals surface area (Å²) in [6.07, 6.45) is 4.39. The van der Waals surface area contributed by atoms with Gasteiger partial charge in [0.2, 0.25) is 11.8 Å². The number of unbranched alkanes of at least 4 members (excludes halogenated alkanes) is 2. The van der Waals surface area contributed by atoms with Crippen LogP contribution in [0.25, 0.3) is 0 Å². The van der Waals surface area contributed by atoms with Crippen molar-refractivity contribution in [2.75, 3.05) is 13.1 Å². The van der Waals surface area contributed by atoms with Crippen molar-refractivity contribution in [2.24, 2.45) is 17.2 Å². The van der Waals surface area contributed by atoms with Gasteiger partial charge in [-0.3, -0.25) is 9.59 Å². The molecule has 0 spiro atoms. The Kier molecular flexibility index (Phi) is 9.37. The van der Waals surface area contributed by atoms with Gasteiger partial charge in [0, 0.05) is 13.0 Å². The normalized spacial score (nSPS) is 12.1. The maximum atomic E-state index is 11.3. The van der Waals surface area contributed by atoms with Crippen LogP contribution < -0.4 is 22.5 Å². The quantitative estimate of drug-likeness (QED) is 0.376. The van der Waals surface area contributed by atoms with Crippen LogP contribution in [0.5, 0.6) is 0 Å². The van der Waals surface area contributed by atoms with E-state index in [1.165, 1.54) is 0 Å². The van der Waals surface area contributed by atoms with Gasteiger partial charge in [-0.1, -0.05) is 0 Å². The van der Waals surface area contributed by atoms with Gasteiger partial charge in [-0.15, -0.1) is 0 Å². The predicted octanol–water partition coefficient (Wildman–Crippen LogP) is -0.785. The molecule has 0 aromatic carbocycles. The molecule has 1 atom stereocenters. The van der Waals surface area contributed by atoms with E-state index in [1.54, 1.807) is 0 Å². The third kappa shape index (κ3) is 9.77. The van der Waals surface area contributed by atoms with Crippen molar-refractivity contribution in [1.29, 1.82) is 0 Å². The number of rotatable bonds is 10. The van der Waals surface area contributed by atoms with Crippen LogP contribution in [0.4, 0.5) is 0 Å². The van der Waals surface area contributed by atoms with Crippen LogP contribution in [0.1, 0.15) is 38.5 Å². The van der Waals surface area contributed by atoms with Crippen molar-refractivity contribution in [2.45, 2.75) is 44.6 Å². The van der Waals surface area contributed by atoms with Crippen molar-refractivity contribution in [3.63, 3.8) is 0 Å². The summed E-state index contributed by atoms with van der Waals surface area (Å²) in [5, 5.41) is 2.81. The molecule has 0 aliphatic carbocycles. The van der Waals surface area contributed by atoms with Crippen LogP contribution in [-0.4, -0.2) is 30.9 Å². The first-order valence-corrected chi connectivity index (χ1v) is 6.09. The van der Waals surface area contributed by atoms with E-state index in [-0.39, 0.29) is 5.91 Å². The first-order chi connectivity index (χ1) is 8.07. The van der Waals surface area contributed by atoms with Crippen LogP contribution in [0.15, 0.2) is 0 Å². The van der Waals surface area contributed by atoms with Gasteiger partial charge in [0.05, 0.1) is 6.04 Å². The van der Waals surface area contributed by atoms with Crippen LogP contribution in [0, 0.1) is 0 Å². The molecule has 0 saturated heterocycles. The van der Waals surface area contributed by atoms with Gasteiger partial charge in [0.25, 0.3) is 0 Å². The van der Waals surface area contributed by atoms with Crippen LogP contribution >= 0.6 is 0 Å². The molecular weight excluding hydrogens is 220 g/mol. The molecule has 0 aliphatic rings. The monoisotopic (exact) mass is 244 g/mol. The predicted molar refractivity (Wildman–Crippen MR) is 66.9 cm³/mol. The van der Waals surface area contributed by atoms with Gasteiger partial charge >= 0.3 is 0 Å². The summed E-state index contributed by atoms with van der Waals surface area (Å²) in [7, 11) is 0. The van der Waals surface area contributed by atoms with Crippen molar-refractivity contribution in [3.05, 3.63) is 0 Å². The lowest BCUT2D eigenvalue weighted by molar-refractivity contribution is -0.121. The first kappa shape index (κ1) is 15.9. The number of carbonyl (C=O) groups is 2. The van der Waals surface area contributed by atoms with E-state index in [2.05, 4.69) is 5.32 Å². The highest BCUT2D eigenvalue weighted by molar-refractivity contribution is 5.79. The average Bonchev–Trinajstić information content (AvgIpc) is 2.28. The van der Waals surface area contributed by atoms with Crippen molar-refractivity contribution >= 4 is 11.8 Å². The Morgan fingerprint density at radius 1 is 1.12 bits per heavy atom. The second kappa shape index (κ2) is 10.0. The Morgan fingerprint density at radius 3 is 2.41 bits per heavy atom. The number of nitrogens with two attached hydrogens (primary N) is 3. The number of primary amides is 1. The number of carbonyl (C=O) groups excluding carboxylic acids is 2. The largest absolute Gasteiger partial charge is 0.368 e. The number of amides is 2. The number of hydrogen-bond donors (Lipinski definition) is 4. The highest BCUT2D eigenvalue weighted by Crippen LogP contribution is 1.98. The Hall–Kier alpha value is -1.14. The van der Waals surface area contributed by atoms with Gasteiger partial charge < -0.3 is 22.5 Å². The highest BCUT2D eigenvalue weighted by Gasteiger charge is 2.07. The van der Waals surface area contributed by atoms with E-state index < -0.39 is 11.9 Å². The second-order valence-corrected chi connectivity index (χ2v) is 4.10. The summed E-state index contributed by atoms with van der Waals surface area (Å²) in [4.78, 5) is 21.9. The second-order valence-electron chi connectivity index (χ2n) is 4.10. The number of nitrogens with one attached hydrogen (secondary N) is 1. The summed E-state index contributed by atoms with van der Waals surface area (Å²) in [5.41, 5.74) is 15.8. The lowest BCUT2D eigenvalue weighted by Crippen LogP contribution is -2.36. The Morgan fingerprint density at radius 2 is 1.82 bits per heavy atom. The molecule has 6 heteroatoms. The molecule has 1 unspecified atom stereocenters. The summed E-state index contributed by atoms with van der Waals surface area (Å²) in [6.45, 7) is 1.24. The maximum absolute atomic E-state index is 11.3. The molecule has 0 aromatic rings. The average molecular weight is 244 g/mol. The Balaban J connectivity index is 3.33. The van der Waals surface area contributed by atoms with E-state index in [9.17, 15) is 9.59 Å². The fourth-order valence-corrected chi connectivity index (χ4v) is 1.38. The van der Waals surface area contributed by atoms with Crippen LogP contribution in [0.3, 0.4) is 0 Å². The molecule has 6 nitrogen and oxygen atoms in total. The molecule has 7 N–H and O–H groups in total. The minimum Gasteiger partial charge on any atom is -0.368 e. The zero-order chi connectivity index (χ0) is 13.1. The van der Waals surface area contributed by atoms with Gasteiger partial charge in [-0.05, 0) is 38.6 Å². The van der Waals surface area contributed by atoms with E-state index in [4.69, 9.17) is 17.2 Å². The fraction of sp³-hybridized carbons (Fsp3) is 0.818. The molecular formula is C11H24N4O2. The zero-order valence-electron chi connectivity index (χ0n) is 10.3. The summed E-state index contributed by atoms with van der Waals surface area (Å²) in [6, 6.07) is -0.574. The van der Waals surface area contributed by atoms with Gasteiger partial charge in [-0.2, -0.15) is 0 Å². The zero-order valence-corrected chi connectivity index (χ0v) is 10.3. The molecule has 17 heavy (non-hydrogen) atoms. The van der Waals surface area contributed by atoms with Crippen molar-refractivity contribution < 1.29 is 9.59 Å². The highest BCUT2D eigenvalue weighted by atomic mass is 16.2. The Bertz CT molecular complexity index is 234. The smallest absolute Gasteiger partial charge is 0.234 e. The van der Waals surface area contributed by atoms with Gasteiger partial charge in [0.1, 0.15) is 0 Å². The molecule has 0 aliphatic heterocycles. The fourth-order valence-electron chi connectivity index (χ4n) is 1.38. The molecule has 0 bridgehead atoms. The maximum Gasteiger partial charge on any atom is 0.234 e. The summed E-state index contributed by atoms with van der Waals surface area (Å²) >= 11 is 0. The van der Waals surface area contributed by atoms with E-state index in [1.807, 2.05) is 0 Å². The number of hydrogen-bond acceptors (Lipinski definition) is 4. The molecule has 0 saturated carbocycles. The standard InChI is InChI=1S/C11H24N4O2/c12-7-3-1-6-10(16)15-8-4-2-5-9(13)11(14)17/h9H,1-8,12-13H2,(H2,14,17)(H,15,16). The lowest BCUT2D eigenvalue weighted by atomic mass is 10.1. The third-order valence-electron chi connectivity index (χ3n) is 2.49. The molecule has 2 amide bonds. The minimum absolute atomic E-state index is 0.0534. The minimum atomic E-state index is -0.574. The molecule has 0 radical (unpaired) electrons. The van der Waals surface area contributed by atoms with Crippen molar-refractivity contribution in [1.82, 2.24) is 5.32 Å². The van der Waals surface area contributed by atoms with Crippen molar-refractivity contribution in [3.8, 4) is 0 Å². The Labute approximate surface area is 102 Å². The summed E-state index contributed by atoms with van der Waals surface area (Å²) in [5.74, 6) is -0.423. The lowest BCUT2D eigenvalue weighted by Gasteiger charge is -2.07.